The molecular formula is C14H19Cl3N4O2. The molecule has 2 aromatic heterocycles. The van der Waals surface area contributed by atoms with Gasteiger partial charge in [0.05, 0.1) is 5.34 Å². The highest BCUT2D eigenvalue weighted by molar-refractivity contribution is 6.40. The van der Waals surface area contributed by atoms with E-state index in [1.165, 1.54) is 0 Å². The van der Waals surface area contributed by atoms with Crippen LogP contribution in [0.3, 0.4) is 0 Å². The minimum absolute atomic E-state index is 0.194. The van der Waals surface area contributed by atoms with Gasteiger partial charge in [0.2, 0.25) is 5.28 Å². The standard InChI is InChI=1S/C13H17ClN4O2.CH2Cl2/c1-13(2,3)20-12(19)15-5-7-18-6-4-9-8-16-11(14)17-10(9)18;2-1-3/h4,6,8H,5,7H2,1-3H3,(H,15,19);1H2. The van der Waals surface area contributed by atoms with E-state index < -0.39 is 11.7 Å². The van der Waals surface area contributed by atoms with Crippen molar-refractivity contribution in [3.63, 3.8) is 0 Å². The van der Waals surface area contributed by atoms with Crippen LogP contribution in [0.5, 0.6) is 0 Å². The fourth-order valence-corrected chi connectivity index (χ4v) is 1.85. The molecule has 0 unspecified atom stereocenters. The van der Waals surface area contributed by atoms with Crippen molar-refractivity contribution in [1.29, 1.82) is 0 Å². The Morgan fingerprint density at radius 3 is 2.65 bits per heavy atom. The van der Waals surface area contributed by atoms with Gasteiger partial charge in [0.1, 0.15) is 11.2 Å². The lowest BCUT2D eigenvalue weighted by Gasteiger charge is -2.19. The van der Waals surface area contributed by atoms with Gasteiger partial charge >= 0.3 is 6.09 Å². The molecule has 0 saturated carbocycles. The number of fused-ring (bicyclic) bond motifs is 1. The van der Waals surface area contributed by atoms with E-state index in [1.807, 2.05) is 37.6 Å². The molecule has 0 saturated heterocycles. The molecule has 1 amide bonds. The molecule has 9 heteroatoms. The maximum atomic E-state index is 11.5. The molecule has 6 nitrogen and oxygen atoms in total. The lowest BCUT2D eigenvalue weighted by Crippen LogP contribution is -2.34. The van der Waals surface area contributed by atoms with E-state index in [0.717, 1.165) is 11.0 Å². The third-order valence-electron chi connectivity index (χ3n) is 2.49. The molecular weight excluding hydrogens is 363 g/mol. The third kappa shape index (κ3) is 7.24. The minimum atomic E-state index is -0.495. The third-order valence-corrected chi connectivity index (χ3v) is 2.68. The van der Waals surface area contributed by atoms with Crippen LogP contribution in [0.25, 0.3) is 11.0 Å². The van der Waals surface area contributed by atoms with Crippen molar-refractivity contribution in [2.75, 3.05) is 11.9 Å². The van der Waals surface area contributed by atoms with E-state index in [1.54, 1.807) is 6.20 Å². The van der Waals surface area contributed by atoms with Crippen LogP contribution in [-0.4, -0.2) is 38.1 Å². The molecule has 0 bridgehead atoms. The molecule has 1 N–H and O–H groups in total. The average Bonchev–Trinajstić information content (AvgIpc) is 2.80. The Kier molecular flexibility index (Phi) is 7.88. The van der Waals surface area contributed by atoms with Crippen LogP contribution in [-0.2, 0) is 11.3 Å². The Balaban J connectivity index is 0.000000816. The van der Waals surface area contributed by atoms with E-state index >= 15 is 0 Å². The summed E-state index contributed by atoms with van der Waals surface area (Å²) in [6.45, 7) is 6.50. The van der Waals surface area contributed by atoms with Crippen molar-refractivity contribution in [2.24, 2.45) is 0 Å². The molecule has 0 aliphatic heterocycles. The van der Waals surface area contributed by atoms with Gasteiger partial charge in [-0.05, 0) is 38.4 Å². The van der Waals surface area contributed by atoms with Crippen LogP contribution in [0, 0.1) is 0 Å². The summed E-state index contributed by atoms with van der Waals surface area (Å²) in [6.07, 6.45) is 3.12. The first-order valence-electron chi connectivity index (χ1n) is 6.83. The Hall–Kier alpha value is -1.24. The zero-order valence-corrected chi connectivity index (χ0v) is 15.4. The number of alkyl carbamates (subject to hydrolysis) is 1. The number of carbonyl (C=O) groups is 1. The van der Waals surface area contributed by atoms with Crippen LogP contribution in [0.1, 0.15) is 20.8 Å². The maximum Gasteiger partial charge on any atom is 0.407 e. The monoisotopic (exact) mass is 380 g/mol. The maximum absolute atomic E-state index is 11.5. The van der Waals surface area contributed by atoms with E-state index in [-0.39, 0.29) is 10.6 Å². The van der Waals surface area contributed by atoms with E-state index in [9.17, 15) is 4.79 Å². The summed E-state index contributed by atoms with van der Waals surface area (Å²) in [6, 6.07) is 1.90. The number of carbonyl (C=O) groups excluding carboxylic acids is 1. The Morgan fingerprint density at radius 1 is 1.39 bits per heavy atom. The van der Waals surface area contributed by atoms with Gasteiger partial charge in [-0.15, -0.1) is 23.2 Å². The van der Waals surface area contributed by atoms with Crippen molar-refractivity contribution in [3.8, 4) is 0 Å². The van der Waals surface area contributed by atoms with Gasteiger partial charge in [-0.2, -0.15) is 4.98 Å². The summed E-state index contributed by atoms with van der Waals surface area (Å²) in [5.41, 5.74) is 0.251. The molecule has 2 aromatic rings. The number of ether oxygens (including phenoxy) is 1. The number of nitrogens with one attached hydrogen (secondary N) is 1. The molecule has 0 fully saturated rings. The summed E-state index contributed by atoms with van der Waals surface area (Å²) in [5.74, 6) is 0. The highest BCUT2D eigenvalue weighted by atomic mass is 35.5. The lowest BCUT2D eigenvalue weighted by atomic mass is 10.2. The first-order chi connectivity index (χ1) is 10.8. The first-order valence-corrected chi connectivity index (χ1v) is 8.27. The highest BCUT2D eigenvalue weighted by Gasteiger charge is 2.15. The van der Waals surface area contributed by atoms with Crippen molar-refractivity contribution >= 4 is 51.9 Å². The fraction of sp³-hybridized carbons (Fsp3) is 0.500. The van der Waals surface area contributed by atoms with Gasteiger partial charge in [-0.25, -0.2) is 9.78 Å². The summed E-state index contributed by atoms with van der Waals surface area (Å²) >= 11 is 15.3. The van der Waals surface area contributed by atoms with E-state index in [2.05, 4.69) is 15.3 Å². The molecule has 0 aliphatic carbocycles. The zero-order valence-electron chi connectivity index (χ0n) is 13.1. The van der Waals surface area contributed by atoms with Gasteiger partial charge in [0.25, 0.3) is 0 Å². The van der Waals surface area contributed by atoms with Crippen LogP contribution < -0.4 is 5.32 Å². The molecule has 2 heterocycles. The SMILES string of the molecule is CC(C)(C)OC(=O)NCCn1ccc2cnc(Cl)nc21.ClCCl. The normalized spacial score (nSPS) is 10.9. The number of nitrogens with zero attached hydrogens (tertiary/aromatic N) is 3. The summed E-state index contributed by atoms with van der Waals surface area (Å²) in [5, 5.41) is 4.01. The second-order valence-electron chi connectivity index (χ2n) is 5.46. The van der Waals surface area contributed by atoms with Crippen molar-refractivity contribution in [1.82, 2.24) is 19.9 Å². The molecule has 0 aliphatic rings. The van der Waals surface area contributed by atoms with Crippen LogP contribution in [0.15, 0.2) is 18.5 Å². The Labute approximate surface area is 150 Å². The zero-order chi connectivity index (χ0) is 17.5. The molecule has 2 rings (SSSR count). The highest BCUT2D eigenvalue weighted by Crippen LogP contribution is 2.14. The fourth-order valence-electron chi connectivity index (χ4n) is 1.72. The quantitative estimate of drug-likeness (QED) is 0.644. The number of amides is 1. The largest absolute Gasteiger partial charge is 0.444 e. The molecule has 23 heavy (non-hydrogen) atoms. The number of rotatable bonds is 3. The molecule has 0 spiro atoms. The van der Waals surface area contributed by atoms with Crippen molar-refractivity contribution in [3.05, 3.63) is 23.7 Å². The number of halogens is 3. The molecule has 0 radical (unpaired) electrons. The second kappa shape index (κ2) is 9.15. The van der Waals surface area contributed by atoms with Gasteiger partial charge in [0.15, 0.2) is 0 Å². The van der Waals surface area contributed by atoms with E-state index in [0.29, 0.717) is 13.1 Å². The Morgan fingerprint density at radius 2 is 2.04 bits per heavy atom. The topological polar surface area (TPSA) is 69.0 Å². The first kappa shape index (κ1) is 19.8. The summed E-state index contributed by atoms with van der Waals surface area (Å²) < 4.78 is 7.06. The van der Waals surface area contributed by atoms with E-state index in [4.69, 9.17) is 39.5 Å². The van der Waals surface area contributed by atoms with Gasteiger partial charge in [0, 0.05) is 30.9 Å². The van der Waals surface area contributed by atoms with Gasteiger partial charge in [-0.3, -0.25) is 0 Å². The second-order valence-corrected chi connectivity index (χ2v) is 6.60. The molecule has 128 valence electrons. The Bertz CT molecular complexity index is 640. The van der Waals surface area contributed by atoms with Crippen LogP contribution in [0.4, 0.5) is 4.79 Å². The summed E-state index contributed by atoms with van der Waals surface area (Å²) in [4.78, 5) is 19.6. The van der Waals surface area contributed by atoms with Crippen LogP contribution in [0.2, 0.25) is 5.28 Å². The number of alkyl halides is 2. The lowest BCUT2D eigenvalue weighted by molar-refractivity contribution is 0.0526. The van der Waals surface area contributed by atoms with Crippen molar-refractivity contribution < 1.29 is 9.53 Å². The smallest absolute Gasteiger partial charge is 0.407 e. The summed E-state index contributed by atoms with van der Waals surface area (Å²) in [7, 11) is 0. The van der Waals surface area contributed by atoms with Gasteiger partial charge in [-0.1, -0.05) is 0 Å². The van der Waals surface area contributed by atoms with Crippen molar-refractivity contribution in [2.45, 2.75) is 32.9 Å². The average molecular weight is 382 g/mol. The number of aromatic nitrogens is 3. The minimum Gasteiger partial charge on any atom is -0.444 e. The van der Waals surface area contributed by atoms with Crippen LogP contribution >= 0.6 is 34.8 Å². The predicted octanol–water partition coefficient (Wildman–Crippen LogP) is 4.03. The number of hydrogen-bond donors (Lipinski definition) is 1. The number of hydrogen-bond acceptors (Lipinski definition) is 4. The molecule has 0 aromatic carbocycles. The van der Waals surface area contributed by atoms with Gasteiger partial charge < -0.3 is 14.6 Å². The predicted molar refractivity (Wildman–Crippen MR) is 93.3 cm³/mol. The molecule has 0 atom stereocenters.